The highest BCUT2D eigenvalue weighted by Crippen LogP contribution is 2.48. The summed E-state index contributed by atoms with van der Waals surface area (Å²) in [6.45, 7) is 2.68. The number of pyridine rings is 1. The van der Waals surface area contributed by atoms with E-state index in [0.29, 0.717) is 18.7 Å². The van der Waals surface area contributed by atoms with Gasteiger partial charge in [-0.2, -0.15) is 0 Å². The lowest BCUT2D eigenvalue weighted by atomic mass is 9.72. The molecule has 1 aromatic heterocycles. The summed E-state index contributed by atoms with van der Waals surface area (Å²) in [6, 6.07) is 3.00. The standard InChI is InChI=1S/C17H24FNO2/c1-2-17(20,15-6-5-14(18)12-19-15)13-7-10-21-16(11-13)8-3-4-9-16/h5-6,12-13,20H,2-4,7-11H2,1H3. The molecule has 3 rings (SSSR count). The average Bonchev–Trinajstić information content (AvgIpc) is 2.95. The van der Waals surface area contributed by atoms with Crippen molar-refractivity contribution in [2.24, 2.45) is 5.92 Å². The fourth-order valence-corrected chi connectivity index (χ4v) is 4.11. The van der Waals surface area contributed by atoms with Gasteiger partial charge < -0.3 is 9.84 Å². The molecule has 0 radical (unpaired) electrons. The van der Waals surface area contributed by atoms with E-state index >= 15 is 0 Å². The van der Waals surface area contributed by atoms with Crippen LogP contribution >= 0.6 is 0 Å². The molecule has 21 heavy (non-hydrogen) atoms. The van der Waals surface area contributed by atoms with E-state index in [4.69, 9.17) is 4.74 Å². The smallest absolute Gasteiger partial charge is 0.141 e. The molecule has 1 aliphatic carbocycles. The van der Waals surface area contributed by atoms with Gasteiger partial charge in [-0.3, -0.25) is 4.98 Å². The third-order valence-electron chi connectivity index (χ3n) is 5.39. The topological polar surface area (TPSA) is 42.4 Å². The predicted octanol–water partition coefficient (Wildman–Crippen LogP) is 3.56. The molecule has 4 heteroatoms. The Kier molecular flexibility index (Phi) is 4.02. The monoisotopic (exact) mass is 293 g/mol. The van der Waals surface area contributed by atoms with Crippen LogP contribution in [-0.2, 0) is 10.3 Å². The maximum absolute atomic E-state index is 13.1. The van der Waals surface area contributed by atoms with E-state index in [9.17, 15) is 9.50 Å². The summed E-state index contributed by atoms with van der Waals surface area (Å²) in [5.41, 5.74) is -0.425. The van der Waals surface area contributed by atoms with E-state index in [1.807, 2.05) is 6.92 Å². The van der Waals surface area contributed by atoms with E-state index in [-0.39, 0.29) is 17.3 Å². The van der Waals surface area contributed by atoms with Crippen LogP contribution in [0.3, 0.4) is 0 Å². The summed E-state index contributed by atoms with van der Waals surface area (Å²) in [6.07, 6.45) is 8.13. The Morgan fingerprint density at radius 3 is 2.81 bits per heavy atom. The van der Waals surface area contributed by atoms with Crippen molar-refractivity contribution in [3.8, 4) is 0 Å². The number of aliphatic hydroxyl groups is 1. The van der Waals surface area contributed by atoms with Crippen molar-refractivity contribution < 1.29 is 14.2 Å². The Balaban J connectivity index is 1.86. The van der Waals surface area contributed by atoms with Crippen molar-refractivity contribution in [2.75, 3.05) is 6.61 Å². The molecule has 1 aliphatic heterocycles. The second-order valence-corrected chi connectivity index (χ2v) is 6.57. The first-order valence-corrected chi connectivity index (χ1v) is 8.06. The Labute approximate surface area is 125 Å². The van der Waals surface area contributed by atoms with Crippen LogP contribution in [0.4, 0.5) is 4.39 Å². The Morgan fingerprint density at radius 1 is 1.43 bits per heavy atom. The van der Waals surface area contributed by atoms with Crippen molar-refractivity contribution in [1.82, 2.24) is 4.98 Å². The van der Waals surface area contributed by atoms with Gasteiger partial charge in [0.15, 0.2) is 0 Å². The number of aromatic nitrogens is 1. The minimum absolute atomic E-state index is 0.0356. The van der Waals surface area contributed by atoms with Gasteiger partial charge in [-0.25, -0.2) is 4.39 Å². The van der Waals surface area contributed by atoms with Crippen LogP contribution in [0.2, 0.25) is 0 Å². The van der Waals surface area contributed by atoms with E-state index in [2.05, 4.69) is 4.98 Å². The quantitative estimate of drug-likeness (QED) is 0.926. The summed E-state index contributed by atoms with van der Waals surface area (Å²) in [4.78, 5) is 4.15. The van der Waals surface area contributed by atoms with Crippen LogP contribution in [0, 0.1) is 11.7 Å². The Bertz CT molecular complexity index is 484. The van der Waals surface area contributed by atoms with Gasteiger partial charge in [0.05, 0.1) is 17.5 Å². The average molecular weight is 293 g/mol. The van der Waals surface area contributed by atoms with E-state index in [1.165, 1.54) is 25.1 Å². The van der Waals surface area contributed by atoms with Crippen LogP contribution in [0.1, 0.15) is 57.6 Å². The molecule has 2 heterocycles. The molecule has 2 fully saturated rings. The zero-order valence-electron chi connectivity index (χ0n) is 12.6. The second kappa shape index (κ2) is 5.65. The number of hydrogen-bond donors (Lipinski definition) is 1. The van der Waals surface area contributed by atoms with Crippen LogP contribution in [0.15, 0.2) is 18.3 Å². The van der Waals surface area contributed by atoms with Gasteiger partial charge in [-0.1, -0.05) is 19.8 Å². The predicted molar refractivity (Wildman–Crippen MR) is 78.3 cm³/mol. The van der Waals surface area contributed by atoms with Gasteiger partial charge in [0.2, 0.25) is 0 Å². The molecule has 116 valence electrons. The molecule has 3 nitrogen and oxygen atoms in total. The number of halogens is 1. The van der Waals surface area contributed by atoms with Crippen molar-refractivity contribution in [1.29, 1.82) is 0 Å². The Morgan fingerprint density at radius 2 is 2.19 bits per heavy atom. The van der Waals surface area contributed by atoms with Gasteiger partial charge in [0.1, 0.15) is 11.4 Å². The molecule has 1 spiro atoms. The van der Waals surface area contributed by atoms with E-state index < -0.39 is 5.60 Å². The molecule has 1 N–H and O–H groups in total. The van der Waals surface area contributed by atoms with Crippen LogP contribution in [0.25, 0.3) is 0 Å². The Hall–Kier alpha value is -1.00. The lowest BCUT2D eigenvalue weighted by Crippen LogP contribution is -2.46. The molecule has 0 amide bonds. The first kappa shape index (κ1) is 14.9. The van der Waals surface area contributed by atoms with Crippen molar-refractivity contribution in [3.05, 3.63) is 29.8 Å². The molecular weight excluding hydrogens is 269 g/mol. The highest BCUT2D eigenvalue weighted by Gasteiger charge is 2.47. The molecular formula is C17H24FNO2. The highest BCUT2D eigenvalue weighted by atomic mass is 19.1. The molecule has 2 atom stereocenters. The number of hydrogen-bond acceptors (Lipinski definition) is 3. The highest BCUT2D eigenvalue weighted by molar-refractivity contribution is 5.16. The number of nitrogens with zero attached hydrogens (tertiary/aromatic N) is 1. The number of ether oxygens (including phenoxy) is 1. The van der Waals surface area contributed by atoms with Crippen LogP contribution in [-0.4, -0.2) is 22.3 Å². The van der Waals surface area contributed by atoms with Gasteiger partial charge in [-0.15, -0.1) is 0 Å². The maximum atomic E-state index is 13.1. The van der Waals surface area contributed by atoms with Crippen molar-refractivity contribution >= 4 is 0 Å². The first-order chi connectivity index (χ1) is 10.1. The fraction of sp³-hybridized carbons (Fsp3) is 0.706. The fourth-order valence-electron chi connectivity index (χ4n) is 4.11. The minimum Gasteiger partial charge on any atom is -0.383 e. The molecule has 1 saturated heterocycles. The lowest BCUT2D eigenvalue weighted by Gasteiger charge is -2.44. The summed E-state index contributed by atoms with van der Waals surface area (Å²) in [5.74, 6) is -0.233. The summed E-state index contributed by atoms with van der Waals surface area (Å²) in [7, 11) is 0. The third kappa shape index (κ3) is 2.71. The lowest BCUT2D eigenvalue weighted by molar-refractivity contribution is -0.146. The van der Waals surface area contributed by atoms with Gasteiger partial charge in [0.25, 0.3) is 0 Å². The van der Waals surface area contributed by atoms with Crippen molar-refractivity contribution in [3.63, 3.8) is 0 Å². The molecule has 0 aromatic carbocycles. The maximum Gasteiger partial charge on any atom is 0.141 e. The minimum atomic E-state index is -0.979. The van der Waals surface area contributed by atoms with Crippen LogP contribution in [0.5, 0.6) is 0 Å². The zero-order chi connectivity index (χ0) is 14.9. The molecule has 0 bridgehead atoms. The number of rotatable bonds is 3. The SMILES string of the molecule is CCC(O)(c1ccc(F)cn1)C1CCOC2(CCCC2)C1. The van der Waals surface area contributed by atoms with Crippen molar-refractivity contribution in [2.45, 2.75) is 63.1 Å². The van der Waals surface area contributed by atoms with Gasteiger partial charge >= 0.3 is 0 Å². The third-order valence-corrected chi connectivity index (χ3v) is 5.39. The van der Waals surface area contributed by atoms with Crippen LogP contribution < -0.4 is 0 Å². The molecule has 1 aromatic rings. The van der Waals surface area contributed by atoms with Gasteiger partial charge in [-0.05, 0) is 50.2 Å². The van der Waals surface area contributed by atoms with E-state index in [1.54, 1.807) is 6.07 Å². The second-order valence-electron chi connectivity index (χ2n) is 6.57. The first-order valence-electron chi connectivity index (χ1n) is 8.06. The summed E-state index contributed by atoms with van der Waals surface area (Å²) >= 11 is 0. The normalized spacial score (nSPS) is 27.7. The summed E-state index contributed by atoms with van der Waals surface area (Å²) < 4.78 is 19.2. The molecule has 2 aliphatic rings. The molecule has 1 saturated carbocycles. The molecule has 2 unspecified atom stereocenters. The zero-order valence-corrected chi connectivity index (χ0v) is 12.6. The van der Waals surface area contributed by atoms with Gasteiger partial charge in [0, 0.05) is 6.61 Å². The summed E-state index contributed by atoms with van der Waals surface area (Å²) in [5, 5.41) is 11.2. The van der Waals surface area contributed by atoms with E-state index in [0.717, 1.165) is 25.7 Å². The largest absolute Gasteiger partial charge is 0.383 e.